The Hall–Kier alpha value is -3.52. The third kappa shape index (κ3) is 6.30. The Morgan fingerprint density at radius 1 is 1.05 bits per heavy atom. The highest BCUT2D eigenvalue weighted by Crippen LogP contribution is 2.34. The van der Waals surface area contributed by atoms with Gasteiger partial charge < -0.3 is 24.4 Å². The predicted octanol–water partition coefficient (Wildman–Crippen LogP) is 5.64. The van der Waals surface area contributed by atoms with Crippen LogP contribution in [0.1, 0.15) is 61.1 Å². The van der Waals surface area contributed by atoms with Crippen LogP contribution < -0.4 is 19.5 Å². The smallest absolute Gasteiger partial charge is 0.247 e. The molecular formula is C30H34N2O5S. The minimum absolute atomic E-state index is 0.109. The molecule has 0 bridgehead atoms. The summed E-state index contributed by atoms with van der Waals surface area (Å²) in [5.74, 6) is 1.81. The second-order valence-electron chi connectivity index (χ2n) is 9.71. The number of benzene rings is 2. The van der Waals surface area contributed by atoms with Crippen molar-refractivity contribution in [1.29, 1.82) is 0 Å². The van der Waals surface area contributed by atoms with Crippen LogP contribution in [-0.2, 0) is 22.6 Å². The number of hydrogen-bond acceptors (Lipinski definition) is 6. The van der Waals surface area contributed by atoms with Crippen LogP contribution >= 0.6 is 11.3 Å². The lowest BCUT2D eigenvalue weighted by Gasteiger charge is -2.33. The number of hydrogen-bond donors (Lipinski definition) is 1. The zero-order chi connectivity index (χ0) is 26.3. The highest BCUT2D eigenvalue weighted by Gasteiger charge is 2.33. The van der Waals surface area contributed by atoms with Gasteiger partial charge in [0.2, 0.25) is 18.6 Å². The van der Waals surface area contributed by atoms with E-state index in [4.69, 9.17) is 14.2 Å². The summed E-state index contributed by atoms with van der Waals surface area (Å²) in [6.45, 7) is 2.93. The first-order chi connectivity index (χ1) is 18.6. The summed E-state index contributed by atoms with van der Waals surface area (Å²) in [7, 11) is 0. The quantitative estimate of drug-likeness (QED) is 0.364. The van der Waals surface area contributed by atoms with Crippen molar-refractivity contribution in [3.8, 4) is 17.2 Å². The zero-order valence-electron chi connectivity index (χ0n) is 21.7. The van der Waals surface area contributed by atoms with Gasteiger partial charge in [-0.2, -0.15) is 0 Å². The molecular weight excluding hydrogens is 500 g/mol. The molecule has 0 unspecified atom stereocenters. The van der Waals surface area contributed by atoms with Gasteiger partial charge in [0.1, 0.15) is 11.8 Å². The molecule has 1 saturated carbocycles. The summed E-state index contributed by atoms with van der Waals surface area (Å²) in [4.78, 5) is 30.5. The molecule has 1 aliphatic carbocycles. The standard InChI is InChI=1S/C30H34N2O5S/c1-2-35-24-13-11-22(12-14-24)29(30(34)31-23-7-4-3-5-8-23)32(28(33)18-25-9-6-16-38-25)19-21-10-15-26-27(17-21)37-20-36-26/h6,9-17,23,29H,2-5,7-8,18-20H2,1H3,(H,31,34)/t29-/m0/s1. The molecule has 2 amide bonds. The van der Waals surface area contributed by atoms with E-state index >= 15 is 0 Å². The molecule has 2 heterocycles. The van der Waals surface area contributed by atoms with Crippen LogP contribution in [0.2, 0.25) is 0 Å². The number of rotatable bonds is 10. The minimum atomic E-state index is -0.787. The molecule has 8 heteroatoms. The van der Waals surface area contributed by atoms with Gasteiger partial charge >= 0.3 is 0 Å². The van der Waals surface area contributed by atoms with Gasteiger partial charge in [0.15, 0.2) is 11.5 Å². The number of carbonyl (C=O) groups excluding carboxylic acids is 2. The molecule has 5 rings (SSSR count). The molecule has 200 valence electrons. The molecule has 2 aliphatic rings. The van der Waals surface area contributed by atoms with Gasteiger partial charge in [-0.1, -0.05) is 43.5 Å². The van der Waals surface area contributed by atoms with Crippen molar-refractivity contribution in [1.82, 2.24) is 10.2 Å². The van der Waals surface area contributed by atoms with Crippen LogP contribution in [0.15, 0.2) is 60.0 Å². The maximum absolute atomic E-state index is 14.0. The van der Waals surface area contributed by atoms with E-state index in [1.807, 2.05) is 66.9 Å². The van der Waals surface area contributed by atoms with Crippen molar-refractivity contribution in [2.45, 2.75) is 64.1 Å². The van der Waals surface area contributed by atoms with Crippen molar-refractivity contribution in [3.05, 3.63) is 76.0 Å². The summed E-state index contributed by atoms with van der Waals surface area (Å²) >= 11 is 1.54. The van der Waals surface area contributed by atoms with Crippen molar-refractivity contribution in [2.75, 3.05) is 13.4 Å². The Kier molecular flexibility index (Phi) is 8.48. The Bertz CT molecular complexity index is 1220. The molecule has 0 saturated heterocycles. The first-order valence-electron chi connectivity index (χ1n) is 13.3. The first-order valence-corrected chi connectivity index (χ1v) is 14.2. The monoisotopic (exact) mass is 534 g/mol. The van der Waals surface area contributed by atoms with E-state index in [1.54, 1.807) is 16.2 Å². The summed E-state index contributed by atoms with van der Waals surface area (Å²) in [5, 5.41) is 5.24. The number of thiophene rings is 1. The third-order valence-electron chi connectivity index (χ3n) is 7.03. The second kappa shape index (κ2) is 12.3. The normalized spacial score (nSPS) is 15.6. The SMILES string of the molecule is CCOc1ccc([C@@H](C(=O)NC2CCCCC2)N(Cc2ccc3c(c2)OCO3)C(=O)Cc2cccs2)cc1. The number of nitrogens with zero attached hydrogens (tertiary/aromatic N) is 1. The zero-order valence-corrected chi connectivity index (χ0v) is 22.5. The van der Waals surface area contributed by atoms with E-state index in [0.29, 0.717) is 18.1 Å². The third-order valence-corrected chi connectivity index (χ3v) is 7.91. The number of ether oxygens (including phenoxy) is 3. The molecule has 38 heavy (non-hydrogen) atoms. The van der Waals surface area contributed by atoms with Crippen LogP contribution in [0, 0.1) is 0 Å². The number of fused-ring (bicyclic) bond motifs is 1. The van der Waals surface area contributed by atoms with Crippen molar-refractivity contribution >= 4 is 23.2 Å². The molecule has 2 aromatic carbocycles. The first kappa shape index (κ1) is 26.1. The molecule has 0 spiro atoms. The van der Waals surface area contributed by atoms with Crippen molar-refractivity contribution in [3.63, 3.8) is 0 Å². The largest absolute Gasteiger partial charge is 0.494 e. The van der Waals surface area contributed by atoms with Crippen LogP contribution in [0.5, 0.6) is 17.2 Å². The molecule has 7 nitrogen and oxygen atoms in total. The lowest BCUT2D eigenvalue weighted by atomic mass is 9.94. The Morgan fingerprint density at radius 3 is 2.58 bits per heavy atom. The molecule has 0 radical (unpaired) electrons. The Balaban J connectivity index is 1.49. The summed E-state index contributed by atoms with van der Waals surface area (Å²) in [5.41, 5.74) is 1.62. The van der Waals surface area contributed by atoms with Gasteiger partial charge in [0.25, 0.3) is 0 Å². The topological polar surface area (TPSA) is 77.1 Å². The molecule has 1 fully saturated rings. The van der Waals surface area contributed by atoms with Gasteiger partial charge in [0.05, 0.1) is 13.0 Å². The van der Waals surface area contributed by atoms with E-state index < -0.39 is 6.04 Å². The fraction of sp³-hybridized carbons (Fsp3) is 0.400. The lowest BCUT2D eigenvalue weighted by Crippen LogP contribution is -2.47. The Labute approximate surface area is 227 Å². The minimum Gasteiger partial charge on any atom is -0.494 e. The van der Waals surface area contributed by atoms with Crippen LogP contribution in [0.4, 0.5) is 0 Å². The van der Waals surface area contributed by atoms with Crippen LogP contribution in [0.3, 0.4) is 0 Å². The molecule has 1 atom stereocenters. The highest BCUT2D eigenvalue weighted by atomic mass is 32.1. The fourth-order valence-electron chi connectivity index (χ4n) is 5.14. The average Bonchev–Trinajstić information content (AvgIpc) is 3.62. The van der Waals surface area contributed by atoms with E-state index in [2.05, 4.69) is 5.32 Å². The number of nitrogens with one attached hydrogen (secondary N) is 1. The van der Waals surface area contributed by atoms with Gasteiger partial charge in [-0.3, -0.25) is 9.59 Å². The molecule has 1 aromatic heterocycles. The predicted molar refractivity (Wildman–Crippen MR) is 147 cm³/mol. The van der Waals surface area contributed by atoms with Crippen molar-refractivity contribution in [2.24, 2.45) is 0 Å². The lowest BCUT2D eigenvalue weighted by molar-refractivity contribution is -0.141. The highest BCUT2D eigenvalue weighted by molar-refractivity contribution is 7.10. The van der Waals surface area contributed by atoms with E-state index in [0.717, 1.165) is 47.4 Å². The van der Waals surface area contributed by atoms with Crippen molar-refractivity contribution < 1.29 is 23.8 Å². The summed E-state index contributed by atoms with van der Waals surface area (Å²) in [6.07, 6.45) is 5.57. The fourth-order valence-corrected chi connectivity index (χ4v) is 5.83. The summed E-state index contributed by atoms with van der Waals surface area (Å²) < 4.78 is 16.7. The number of carbonyl (C=O) groups is 2. The van der Waals surface area contributed by atoms with E-state index in [-0.39, 0.29) is 37.6 Å². The Morgan fingerprint density at radius 2 is 1.84 bits per heavy atom. The van der Waals surface area contributed by atoms with Gasteiger partial charge in [0, 0.05) is 17.5 Å². The van der Waals surface area contributed by atoms with Gasteiger partial charge in [-0.05, 0) is 66.6 Å². The number of amides is 2. The van der Waals surface area contributed by atoms with E-state index in [1.165, 1.54) is 6.42 Å². The van der Waals surface area contributed by atoms with Crippen LogP contribution in [-0.4, -0.2) is 36.2 Å². The van der Waals surface area contributed by atoms with Gasteiger partial charge in [-0.25, -0.2) is 0 Å². The summed E-state index contributed by atoms with van der Waals surface area (Å²) in [6, 6.07) is 16.4. The maximum Gasteiger partial charge on any atom is 0.247 e. The van der Waals surface area contributed by atoms with Gasteiger partial charge in [-0.15, -0.1) is 11.3 Å². The van der Waals surface area contributed by atoms with E-state index in [9.17, 15) is 9.59 Å². The molecule has 1 N–H and O–H groups in total. The average molecular weight is 535 g/mol. The van der Waals surface area contributed by atoms with Crippen LogP contribution in [0.25, 0.3) is 0 Å². The molecule has 1 aliphatic heterocycles. The second-order valence-corrected chi connectivity index (χ2v) is 10.7. The maximum atomic E-state index is 14.0. The molecule has 3 aromatic rings.